The molecule has 6 N–H and O–H groups in total. The summed E-state index contributed by atoms with van der Waals surface area (Å²) < 4.78 is 47.9. The molecule has 1 saturated heterocycles. The van der Waals surface area contributed by atoms with Crippen molar-refractivity contribution < 1.29 is 42.2 Å². The second kappa shape index (κ2) is 18.5. The monoisotopic (exact) mass is 880 g/mol. The maximum Gasteiger partial charge on any atom is 0.268 e. The number of piperazine rings is 1. The van der Waals surface area contributed by atoms with Crippen molar-refractivity contribution in [1.82, 2.24) is 30.3 Å². The van der Waals surface area contributed by atoms with Crippen LogP contribution in [0.15, 0.2) is 67.5 Å². The van der Waals surface area contributed by atoms with Gasteiger partial charge in [-0.05, 0) is 60.6 Å². The van der Waals surface area contributed by atoms with Crippen LogP contribution >= 0.6 is 47.2 Å². The van der Waals surface area contributed by atoms with Crippen LogP contribution in [0.1, 0.15) is 45.6 Å². The van der Waals surface area contributed by atoms with Crippen molar-refractivity contribution in [2.24, 2.45) is 28.0 Å². The first-order valence-electron chi connectivity index (χ1n) is 17.9. The second-order valence-corrected chi connectivity index (χ2v) is 19.0. The number of rotatable bonds is 15. The highest BCUT2D eigenvalue weighted by atomic mass is 32.2. The van der Waals surface area contributed by atoms with Gasteiger partial charge in [0.05, 0.1) is 51.9 Å². The lowest BCUT2D eigenvalue weighted by Gasteiger charge is -2.54. The van der Waals surface area contributed by atoms with E-state index in [1.165, 1.54) is 16.0 Å². The predicted molar refractivity (Wildman–Crippen MR) is 213 cm³/mol. The number of thioether (sulfide) groups is 1. The lowest BCUT2D eigenvalue weighted by Crippen LogP contribution is -2.69. The number of fused-ring (bicyclic) bond motifs is 2. The summed E-state index contributed by atoms with van der Waals surface area (Å²) in [4.78, 5) is 9.27. The van der Waals surface area contributed by atoms with Crippen LogP contribution in [-0.2, 0) is 28.9 Å². The Hall–Kier alpha value is -2.97. The molecule has 3 aliphatic rings. The zero-order valence-corrected chi connectivity index (χ0v) is 34.7. The number of nitriles is 1. The van der Waals surface area contributed by atoms with Crippen LogP contribution in [-0.4, -0.2) is 85.4 Å². The maximum atomic E-state index is 13.0. The molecule has 4 aromatic rings. The van der Waals surface area contributed by atoms with Gasteiger partial charge in [-0.25, -0.2) is 20.2 Å². The Bertz CT molecular complexity index is 2220. The van der Waals surface area contributed by atoms with Gasteiger partial charge in [0.1, 0.15) is 23.3 Å². The van der Waals surface area contributed by atoms with Crippen molar-refractivity contribution in [3.05, 3.63) is 48.2 Å². The number of nitrogens with zero attached hydrogens (tertiary/aromatic N) is 7. The topological polar surface area (TPSA) is 250 Å². The van der Waals surface area contributed by atoms with Crippen LogP contribution in [0.25, 0.3) is 15.3 Å². The number of hydrogen-bond donors (Lipinski definition) is 6. The van der Waals surface area contributed by atoms with E-state index in [1.54, 1.807) is 30.1 Å². The third-order valence-electron chi connectivity index (χ3n) is 10.4. The number of azo groups is 1. The Kier molecular flexibility index (Phi) is 13.7. The molecule has 306 valence electrons. The van der Waals surface area contributed by atoms with Gasteiger partial charge in [-0.3, -0.25) is 20.1 Å². The van der Waals surface area contributed by atoms with Gasteiger partial charge in [-0.1, -0.05) is 66.8 Å². The van der Waals surface area contributed by atoms with E-state index in [9.17, 15) is 18.2 Å². The fraction of sp³-hybridized carbons (Fsp3) is 0.485. The molecule has 4 heterocycles. The van der Waals surface area contributed by atoms with Gasteiger partial charge < -0.3 is 5.32 Å². The molecular formula is C33H40N10O9S5. The zero-order chi connectivity index (χ0) is 40.3. The lowest BCUT2D eigenvalue weighted by molar-refractivity contribution is -0.432. The molecule has 0 bridgehead atoms. The normalized spacial score (nSPS) is 26.6. The van der Waals surface area contributed by atoms with E-state index in [2.05, 4.69) is 72.9 Å². The first-order valence-corrected chi connectivity index (χ1v) is 22.6. The van der Waals surface area contributed by atoms with E-state index < -0.39 is 21.5 Å². The van der Waals surface area contributed by atoms with E-state index in [-0.39, 0.29) is 46.8 Å². The van der Waals surface area contributed by atoms with Crippen LogP contribution in [0.5, 0.6) is 0 Å². The molecule has 2 aromatic carbocycles. The van der Waals surface area contributed by atoms with Crippen molar-refractivity contribution in [3.8, 4) is 11.2 Å². The van der Waals surface area contributed by atoms with E-state index in [0.29, 0.717) is 46.4 Å². The summed E-state index contributed by atoms with van der Waals surface area (Å²) in [5, 5.41) is 58.2. The number of hydrogen-bond acceptors (Lipinski definition) is 21. The molecule has 1 aliphatic carbocycles. The average Bonchev–Trinajstić information content (AvgIpc) is 3.95. The van der Waals surface area contributed by atoms with Crippen LogP contribution < -0.4 is 16.0 Å². The molecule has 0 spiro atoms. The molecule has 19 nitrogen and oxygen atoms in total. The van der Waals surface area contributed by atoms with Gasteiger partial charge in [-0.15, -0.1) is 18.9 Å². The summed E-state index contributed by atoms with van der Waals surface area (Å²) in [6, 6.07) is 12.9. The molecule has 2 fully saturated rings. The SMILES string of the molecule is CCC1CC(C)C(S(=O)(=O)O)C(CC)C1N(C1CNC(N=Nc2nn(-c3nc4ccc(SOOO)cc4s3)cc2C#N)CN1)C1Nc2ccc(SOOO)cc2S1. The third-order valence-corrected chi connectivity index (χ3v) is 15.3. The summed E-state index contributed by atoms with van der Waals surface area (Å²) in [5.41, 5.74) is 1.50. The van der Waals surface area contributed by atoms with Gasteiger partial charge in [-0.2, -0.15) is 18.8 Å². The Labute approximate surface area is 344 Å². The molecule has 1 saturated carbocycles. The molecule has 8 atom stereocenters. The summed E-state index contributed by atoms with van der Waals surface area (Å²) in [6.45, 7) is 6.79. The van der Waals surface area contributed by atoms with Crippen molar-refractivity contribution in [2.75, 3.05) is 18.4 Å². The van der Waals surface area contributed by atoms with E-state index in [4.69, 9.17) is 10.5 Å². The molecule has 2 aliphatic heterocycles. The van der Waals surface area contributed by atoms with E-state index >= 15 is 0 Å². The predicted octanol–water partition coefficient (Wildman–Crippen LogP) is 6.66. The highest BCUT2D eigenvalue weighted by Gasteiger charge is 2.52. The first kappa shape index (κ1) is 42.2. The van der Waals surface area contributed by atoms with Gasteiger partial charge in [0, 0.05) is 39.5 Å². The highest BCUT2D eigenvalue weighted by Crippen LogP contribution is 2.48. The Morgan fingerprint density at radius 1 is 1.09 bits per heavy atom. The fourth-order valence-electron chi connectivity index (χ4n) is 8.12. The summed E-state index contributed by atoms with van der Waals surface area (Å²) in [6.07, 6.45) is 2.80. The highest BCUT2D eigenvalue weighted by molar-refractivity contribution is 8.00. The summed E-state index contributed by atoms with van der Waals surface area (Å²) in [7, 11) is -4.35. The van der Waals surface area contributed by atoms with E-state index in [1.807, 2.05) is 38.1 Å². The van der Waals surface area contributed by atoms with E-state index in [0.717, 1.165) is 45.8 Å². The average molecular weight is 881 g/mol. The van der Waals surface area contributed by atoms with Crippen LogP contribution in [0, 0.1) is 29.1 Å². The fourth-order valence-corrected chi connectivity index (χ4v) is 12.8. The summed E-state index contributed by atoms with van der Waals surface area (Å²) >= 11 is 4.63. The van der Waals surface area contributed by atoms with Gasteiger partial charge in [0.2, 0.25) is 10.9 Å². The molecule has 0 amide bonds. The standard InChI is InChI=1S/C33H40N10O9S5/c1-4-18-10-17(3)30(57(46,47)48)22(5-2)29(18)43(33-38-24-9-7-21(56-52-50-45)12-26(24)54-33)28-15-35-27(14-36-28)39-40-31-19(13-34)16-42(41-31)32-37-23-8-6-20(55-51-49-44)11-25(23)53-32/h6-9,11-12,16-18,22,27-30,33,35-36,38,44-45H,4-5,10,14-15H2,1-3H3,(H,46,47,48). The minimum atomic E-state index is -4.35. The van der Waals surface area contributed by atoms with Gasteiger partial charge >= 0.3 is 0 Å². The number of anilines is 1. The number of aromatic nitrogens is 3. The first-order chi connectivity index (χ1) is 27.5. The summed E-state index contributed by atoms with van der Waals surface area (Å²) in [5.74, 6) is -0.304. The third kappa shape index (κ3) is 9.27. The molecule has 7 rings (SSSR count). The zero-order valence-electron chi connectivity index (χ0n) is 30.7. The lowest BCUT2D eigenvalue weighted by atomic mass is 9.69. The Morgan fingerprint density at radius 2 is 1.84 bits per heavy atom. The smallest absolute Gasteiger partial charge is 0.268 e. The van der Waals surface area contributed by atoms with Crippen molar-refractivity contribution in [3.63, 3.8) is 0 Å². The van der Waals surface area contributed by atoms with Crippen LogP contribution in [0.4, 0.5) is 11.5 Å². The van der Waals surface area contributed by atoms with Crippen molar-refractivity contribution in [1.29, 1.82) is 5.26 Å². The Balaban J connectivity index is 1.11. The quantitative estimate of drug-likeness (QED) is 0.0240. The molecule has 0 radical (unpaired) electrons. The number of benzene rings is 2. The largest absolute Gasteiger partial charge is 0.360 e. The molecular weight excluding hydrogens is 841 g/mol. The molecule has 57 heavy (non-hydrogen) atoms. The van der Waals surface area contributed by atoms with Gasteiger partial charge in [0.25, 0.3) is 10.1 Å². The molecule has 2 aromatic heterocycles. The minimum Gasteiger partial charge on any atom is -0.360 e. The molecule has 8 unspecified atom stereocenters. The number of nitrogens with one attached hydrogen (secondary N) is 3. The van der Waals surface area contributed by atoms with Crippen LogP contribution in [0.3, 0.4) is 0 Å². The van der Waals surface area contributed by atoms with Gasteiger partial charge in [0.15, 0.2) is 0 Å². The number of thiazole rings is 1. The molecule has 24 heteroatoms. The van der Waals surface area contributed by atoms with Crippen molar-refractivity contribution in [2.45, 2.75) is 83.8 Å². The second-order valence-electron chi connectivity index (χ2n) is 13.7. The maximum absolute atomic E-state index is 13.0. The Morgan fingerprint density at radius 3 is 2.51 bits per heavy atom. The minimum absolute atomic E-state index is 0.133. The van der Waals surface area contributed by atoms with Crippen molar-refractivity contribution >= 4 is 79.0 Å². The van der Waals surface area contributed by atoms with Crippen LogP contribution in [0.2, 0.25) is 0 Å².